The van der Waals surface area contributed by atoms with Crippen molar-refractivity contribution in [2.75, 3.05) is 14.2 Å². The Morgan fingerprint density at radius 1 is 0.950 bits per heavy atom. The van der Waals surface area contributed by atoms with E-state index in [2.05, 4.69) is 48.0 Å². The molecule has 2 aromatic rings. The van der Waals surface area contributed by atoms with E-state index in [-0.39, 0.29) is 4.83 Å². The molecule has 1 unspecified atom stereocenters. The number of ether oxygens (including phenoxy) is 2. The molecule has 2 rings (SSSR count). The van der Waals surface area contributed by atoms with Crippen LogP contribution in [0.2, 0.25) is 0 Å². The van der Waals surface area contributed by atoms with Crippen LogP contribution in [0.5, 0.6) is 11.5 Å². The lowest BCUT2D eigenvalue weighted by atomic mass is 9.96. The minimum Gasteiger partial charge on any atom is -0.497 e. The summed E-state index contributed by atoms with van der Waals surface area (Å²) < 4.78 is 10.8. The van der Waals surface area contributed by atoms with E-state index in [4.69, 9.17) is 9.47 Å². The number of hydrogen-bond donors (Lipinski definition) is 0. The third kappa shape index (κ3) is 2.83. The first-order chi connectivity index (χ1) is 9.58. The van der Waals surface area contributed by atoms with Crippen LogP contribution in [0.25, 0.3) is 0 Å². The van der Waals surface area contributed by atoms with Crippen LogP contribution in [-0.4, -0.2) is 14.2 Å². The van der Waals surface area contributed by atoms with Crippen molar-refractivity contribution in [1.82, 2.24) is 0 Å². The predicted molar refractivity (Wildman–Crippen MR) is 86.2 cm³/mol. The van der Waals surface area contributed by atoms with Gasteiger partial charge in [0.2, 0.25) is 0 Å². The summed E-state index contributed by atoms with van der Waals surface area (Å²) >= 11 is 3.80. The van der Waals surface area contributed by atoms with E-state index < -0.39 is 0 Å². The van der Waals surface area contributed by atoms with Gasteiger partial charge in [-0.1, -0.05) is 34.1 Å². The van der Waals surface area contributed by atoms with Gasteiger partial charge in [-0.25, -0.2) is 0 Å². The molecule has 0 aliphatic rings. The molecular formula is C17H19BrO2. The van der Waals surface area contributed by atoms with Gasteiger partial charge in [0.25, 0.3) is 0 Å². The first kappa shape index (κ1) is 14.9. The van der Waals surface area contributed by atoms with Gasteiger partial charge < -0.3 is 9.47 Å². The van der Waals surface area contributed by atoms with Gasteiger partial charge in [0.1, 0.15) is 11.5 Å². The zero-order valence-corrected chi connectivity index (χ0v) is 13.8. The molecule has 2 nitrogen and oxygen atoms in total. The summed E-state index contributed by atoms with van der Waals surface area (Å²) in [4.78, 5) is 0.0763. The number of hydrogen-bond acceptors (Lipinski definition) is 2. The highest BCUT2D eigenvalue weighted by Gasteiger charge is 2.18. The largest absolute Gasteiger partial charge is 0.497 e. The summed E-state index contributed by atoms with van der Waals surface area (Å²) in [6, 6.07) is 12.2. The maximum absolute atomic E-state index is 5.47. The summed E-state index contributed by atoms with van der Waals surface area (Å²) in [6.07, 6.45) is 0. The Kier molecular flexibility index (Phi) is 4.71. The second-order valence-electron chi connectivity index (χ2n) is 4.76. The molecule has 0 bridgehead atoms. The monoisotopic (exact) mass is 334 g/mol. The molecule has 106 valence electrons. The van der Waals surface area contributed by atoms with Crippen molar-refractivity contribution in [1.29, 1.82) is 0 Å². The van der Waals surface area contributed by atoms with Crippen LogP contribution < -0.4 is 9.47 Å². The molecule has 0 saturated carbocycles. The molecule has 0 N–H and O–H groups in total. The van der Waals surface area contributed by atoms with Crippen LogP contribution in [0.4, 0.5) is 0 Å². The smallest absolute Gasteiger partial charge is 0.123 e. The number of benzene rings is 2. The van der Waals surface area contributed by atoms with Crippen molar-refractivity contribution in [3.8, 4) is 11.5 Å². The number of halogens is 1. The molecule has 0 aliphatic heterocycles. The van der Waals surface area contributed by atoms with E-state index in [1.54, 1.807) is 14.2 Å². The summed E-state index contributed by atoms with van der Waals surface area (Å²) in [5.74, 6) is 1.68. The van der Waals surface area contributed by atoms with Gasteiger partial charge in [-0.2, -0.15) is 0 Å². The van der Waals surface area contributed by atoms with Crippen molar-refractivity contribution in [2.24, 2.45) is 0 Å². The quantitative estimate of drug-likeness (QED) is 0.747. The normalized spacial score (nSPS) is 12.1. The van der Waals surface area contributed by atoms with Crippen LogP contribution in [0.1, 0.15) is 27.1 Å². The second kappa shape index (κ2) is 6.31. The van der Waals surface area contributed by atoms with Crippen LogP contribution >= 0.6 is 15.9 Å². The van der Waals surface area contributed by atoms with Gasteiger partial charge in [-0.3, -0.25) is 0 Å². The van der Waals surface area contributed by atoms with Gasteiger partial charge in [0.05, 0.1) is 19.0 Å². The molecule has 0 amide bonds. The minimum absolute atomic E-state index is 0.0763. The van der Waals surface area contributed by atoms with Crippen LogP contribution in [0.3, 0.4) is 0 Å². The zero-order valence-electron chi connectivity index (χ0n) is 12.2. The van der Waals surface area contributed by atoms with E-state index >= 15 is 0 Å². The summed E-state index contributed by atoms with van der Waals surface area (Å²) in [7, 11) is 3.36. The molecule has 1 atom stereocenters. The zero-order chi connectivity index (χ0) is 14.7. The van der Waals surface area contributed by atoms with E-state index in [9.17, 15) is 0 Å². The third-order valence-electron chi connectivity index (χ3n) is 3.63. The average molecular weight is 335 g/mol. The predicted octanol–water partition coefficient (Wildman–Crippen LogP) is 4.80. The maximum atomic E-state index is 5.47. The SMILES string of the molecule is COc1ccc(OC)c(C(Br)c2cccc(C)c2C)c1. The van der Waals surface area contributed by atoms with Gasteiger partial charge in [0.15, 0.2) is 0 Å². The highest BCUT2D eigenvalue weighted by atomic mass is 79.9. The lowest BCUT2D eigenvalue weighted by Crippen LogP contribution is -2.01. The molecule has 2 aromatic carbocycles. The Balaban J connectivity index is 2.51. The molecular weight excluding hydrogens is 316 g/mol. The van der Waals surface area contributed by atoms with Gasteiger partial charge in [-0.05, 0) is 48.7 Å². The topological polar surface area (TPSA) is 18.5 Å². The molecule has 20 heavy (non-hydrogen) atoms. The molecule has 0 spiro atoms. The van der Waals surface area contributed by atoms with Gasteiger partial charge >= 0.3 is 0 Å². The summed E-state index contributed by atoms with van der Waals surface area (Å²) in [5.41, 5.74) is 4.89. The molecule has 0 heterocycles. The molecule has 3 heteroatoms. The summed E-state index contributed by atoms with van der Waals surface area (Å²) in [6.45, 7) is 4.27. The van der Waals surface area contributed by atoms with E-state index in [0.29, 0.717) is 0 Å². The van der Waals surface area contributed by atoms with Crippen LogP contribution in [-0.2, 0) is 0 Å². The first-order valence-electron chi connectivity index (χ1n) is 6.50. The lowest BCUT2D eigenvalue weighted by Gasteiger charge is -2.18. The average Bonchev–Trinajstić information content (AvgIpc) is 2.48. The Bertz CT molecular complexity index is 608. The Hall–Kier alpha value is -1.48. The van der Waals surface area contributed by atoms with E-state index in [0.717, 1.165) is 17.1 Å². The van der Waals surface area contributed by atoms with Crippen molar-refractivity contribution in [2.45, 2.75) is 18.7 Å². The third-order valence-corrected chi connectivity index (χ3v) is 4.62. The van der Waals surface area contributed by atoms with Crippen LogP contribution in [0.15, 0.2) is 36.4 Å². The van der Waals surface area contributed by atoms with Crippen molar-refractivity contribution < 1.29 is 9.47 Å². The Morgan fingerprint density at radius 3 is 2.35 bits per heavy atom. The molecule has 0 aromatic heterocycles. The van der Waals surface area contributed by atoms with Crippen molar-refractivity contribution in [3.05, 3.63) is 58.7 Å². The first-order valence-corrected chi connectivity index (χ1v) is 7.42. The fraction of sp³-hybridized carbons (Fsp3) is 0.294. The van der Waals surface area contributed by atoms with E-state index in [1.165, 1.54) is 16.7 Å². The minimum atomic E-state index is 0.0763. The molecule has 0 fully saturated rings. The van der Waals surface area contributed by atoms with Crippen LogP contribution in [0, 0.1) is 13.8 Å². The number of methoxy groups -OCH3 is 2. The number of aryl methyl sites for hydroxylation is 1. The molecule has 0 aliphatic carbocycles. The highest BCUT2D eigenvalue weighted by Crippen LogP contribution is 2.40. The van der Waals surface area contributed by atoms with Crippen molar-refractivity contribution in [3.63, 3.8) is 0 Å². The van der Waals surface area contributed by atoms with Gasteiger partial charge in [-0.15, -0.1) is 0 Å². The Labute approximate surface area is 128 Å². The second-order valence-corrected chi connectivity index (χ2v) is 5.68. The van der Waals surface area contributed by atoms with E-state index in [1.807, 2.05) is 18.2 Å². The number of rotatable bonds is 4. The Morgan fingerprint density at radius 2 is 1.70 bits per heavy atom. The fourth-order valence-corrected chi connectivity index (χ4v) is 3.11. The standard InChI is InChI=1S/C17H19BrO2/c1-11-6-5-7-14(12(11)2)17(18)15-10-13(19-3)8-9-16(15)20-4/h5-10,17H,1-4H3. The van der Waals surface area contributed by atoms with Crippen molar-refractivity contribution >= 4 is 15.9 Å². The van der Waals surface area contributed by atoms with Gasteiger partial charge in [0, 0.05) is 5.56 Å². The number of alkyl halides is 1. The molecule has 0 saturated heterocycles. The summed E-state index contributed by atoms with van der Waals surface area (Å²) in [5, 5.41) is 0. The molecule has 0 radical (unpaired) electrons. The highest BCUT2D eigenvalue weighted by molar-refractivity contribution is 9.09. The lowest BCUT2D eigenvalue weighted by molar-refractivity contribution is 0.399. The maximum Gasteiger partial charge on any atom is 0.123 e. The fourth-order valence-electron chi connectivity index (χ4n) is 2.25.